The molecular formula is C17H25N3O. The Morgan fingerprint density at radius 3 is 2.67 bits per heavy atom. The van der Waals surface area contributed by atoms with Crippen molar-refractivity contribution in [3.63, 3.8) is 0 Å². The van der Waals surface area contributed by atoms with E-state index in [0.717, 1.165) is 44.2 Å². The van der Waals surface area contributed by atoms with Crippen molar-refractivity contribution in [3.05, 3.63) is 42.7 Å². The molecule has 0 bridgehead atoms. The number of nitrogens with one attached hydrogen (secondary N) is 2. The monoisotopic (exact) mass is 287 g/mol. The predicted molar refractivity (Wildman–Crippen MR) is 84.6 cm³/mol. The lowest BCUT2D eigenvalue weighted by Gasteiger charge is -2.28. The molecule has 1 amide bonds. The summed E-state index contributed by atoms with van der Waals surface area (Å²) in [4.78, 5) is 16.2. The average Bonchev–Trinajstić information content (AvgIpc) is 2.54. The lowest BCUT2D eigenvalue weighted by Crippen LogP contribution is -2.38. The van der Waals surface area contributed by atoms with Crippen LogP contribution in [0.5, 0.6) is 0 Å². The number of carbonyl (C=O) groups is 1. The lowest BCUT2D eigenvalue weighted by molar-refractivity contribution is -0.126. The summed E-state index contributed by atoms with van der Waals surface area (Å²) >= 11 is 0. The predicted octanol–water partition coefficient (Wildman–Crippen LogP) is 2.42. The third-order valence-corrected chi connectivity index (χ3v) is 4.10. The van der Waals surface area contributed by atoms with Crippen molar-refractivity contribution < 1.29 is 4.79 Å². The summed E-state index contributed by atoms with van der Waals surface area (Å²) in [6, 6.07) is 4.43. The molecule has 0 aromatic carbocycles. The van der Waals surface area contributed by atoms with Crippen molar-refractivity contribution in [3.8, 4) is 0 Å². The van der Waals surface area contributed by atoms with Gasteiger partial charge in [0.05, 0.1) is 0 Å². The molecule has 2 N–H and O–H groups in total. The molecule has 1 aliphatic rings. The van der Waals surface area contributed by atoms with E-state index in [2.05, 4.69) is 22.2 Å². The first-order valence-electron chi connectivity index (χ1n) is 7.80. The van der Waals surface area contributed by atoms with Gasteiger partial charge in [0.1, 0.15) is 0 Å². The van der Waals surface area contributed by atoms with E-state index in [-0.39, 0.29) is 11.8 Å². The van der Waals surface area contributed by atoms with Gasteiger partial charge in [-0.1, -0.05) is 6.08 Å². The molecule has 4 heteroatoms. The molecule has 1 fully saturated rings. The van der Waals surface area contributed by atoms with Gasteiger partial charge in [0.25, 0.3) is 0 Å². The fraction of sp³-hybridized carbons (Fsp3) is 0.529. The molecule has 1 saturated carbocycles. The van der Waals surface area contributed by atoms with Crippen LogP contribution >= 0.6 is 0 Å². The second-order valence-corrected chi connectivity index (χ2v) is 5.65. The molecule has 1 aromatic rings. The number of aromatic nitrogens is 1. The fourth-order valence-electron chi connectivity index (χ4n) is 2.78. The van der Waals surface area contributed by atoms with Crippen molar-refractivity contribution in [2.24, 2.45) is 5.92 Å². The maximum absolute atomic E-state index is 12.2. The van der Waals surface area contributed by atoms with Crippen LogP contribution < -0.4 is 10.6 Å². The first-order chi connectivity index (χ1) is 10.3. The van der Waals surface area contributed by atoms with Gasteiger partial charge in [-0.3, -0.25) is 9.78 Å². The molecule has 1 aromatic heterocycles. The summed E-state index contributed by atoms with van der Waals surface area (Å²) in [5.74, 6) is 0.362. The Hall–Kier alpha value is -1.68. The Balaban J connectivity index is 1.67. The Morgan fingerprint density at radius 2 is 2.00 bits per heavy atom. The number of pyridine rings is 1. The summed E-state index contributed by atoms with van der Waals surface area (Å²) in [7, 11) is 0. The van der Waals surface area contributed by atoms with Crippen molar-refractivity contribution >= 4 is 5.91 Å². The Bertz CT molecular complexity index is 439. The minimum atomic E-state index is 0.171. The van der Waals surface area contributed by atoms with E-state index < -0.39 is 0 Å². The van der Waals surface area contributed by atoms with E-state index in [1.54, 1.807) is 12.4 Å². The molecule has 2 rings (SSSR count). The molecule has 114 valence electrons. The standard InChI is InChI=1S/C17H25N3O/c1-2-3-10-19-16-6-4-15(5-7-16)17(21)20-13-14-8-11-18-12-9-14/h2,8-9,11-12,15-16,19H,1,3-7,10,13H2,(H,20,21). The molecule has 0 unspecified atom stereocenters. The smallest absolute Gasteiger partial charge is 0.223 e. The minimum Gasteiger partial charge on any atom is -0.352 e. The highest BCUT2D eigenvalue weighted by atomic mass is 16.1. The number of hydrogen-bond donors (Lipinski definition) is 2. The zero-order valence-electron chi connectivity index (χ0n) is 12.6. The quantitative estimate of drug-likeness (QED) is 0.598. The third-order valence-electron chi connectivity index (χ3n) is 4.10. The molecule has 0 aliphatic heterocycles. The molecule has 0 saturated heterocycles. The van der Waals surface area contributed by atoms with Crippen molar-refractivity contribution in [1.29, 1.82) is 0 Å². The van der Waals surface area contributed by atoms with Gasteiger partial charge in [-0.05, 0) is 56.3 Å². The second kappa shape index (κ2) is 8.57. The van der Waals surface area contributed by atoms with Gasteiger partial charge in [0.2, 0.25) is 5.91 Å². The number of amides is 1. The molecule has 1 heterocycles. The van der Waals surface area contributed by atoms with Crippen LogP contribution in [0.15, 0.2) is 37.2 Å². The van der Waals surface area contributed by atoms with E-state index in [4.69, 9.17) is 0 Å². The van der Waals surface area contributed by atoms with Crippen LogP contribution in [0.2, 0.25) is 0 Å². The molecule has 4 nitrogen and oxygen atoms in total. The van der Waals surface area contributed by atoms with Gasteiger partial charge >= 0.3 is 0 Å². The minimum absolute atomic E-state index is 0.171. The highest BCUT2D eigenvalue weighted by Gasteiger charge is 2.25. The van der Waals surface area contributed by atoms with Gasteiger partial charge in [-0.2, -0.15) is 0 Å². The first kappa shape index (κ1) is 15.7. The Kier molecular flexibility index (Phi) is 6.41. The summed E-state index contributed by atoms with van der Waals surface area (Å²) < 4.78 is 0. The summed E-state index contributed by atoms with van der Waals surface area (Å²) in [6.07, 6.45) is 10.6. The van der Waals surface area contributed by atoms with Crippen molar-refractivity contribution in [1.82, 2.24) is 15.6 Å². The maximum atomic E-state index is 12.2. The van der Waals surface area contributed by atoms with Crippen LogP contribution in [0.4, 0.5) is 0 Å². The maximum Gasteiger partial charge on any atom is 0.223 e. The number of rotatable bonds is 7. The zero-order chi connectivity index (χ0) is 14.9. The van der Waals surface area contributed by atoms with Gasteiger partial charge in [0.15, 0.2) is 0 Å². The van der Waals surface area contributed by atoms with E-state index in [9.17, 15) is 4.79 Å². The van der Waals surface area contributed by atoms with Crippen molar-refractivity contribution in [2.45, 2.75) is 44.7 Å². The first-order valence-corrected chi connectivity index (χ1v) is 7.80. The SMILES string of the molecule is C=CCCNC1CCC(C(=O)NCc2ccncc2)CC1. The highest BCUT2D eigenvalue weighted by molar-refractivity contribution is 5.78. The van der Waals surface area contributed by atoms with Crippen LogP contribution in [0, 0.1) is 5.92 Å². The highest BCUT2D eigenvalue weighted by Crippen LogP contribution is 2.24. The Morgan fingerprint density at radius 1 is 1.29 bits per heavy atom. The van der Waals surface area contributed by atoms with E-state index in [1.165, 1.54) is 0 Å². The molecule has 0 atom stereocenters. The molecule has 21 heavy (non-hydrogen) atoms. The van der Waals surface area contributed by atoms with Gasteiger partial charge in [-0.25, -0.2) is 0 Å². The fourth-order valence-corrected chi connectivity index (χ4v) is 2.78. The molecular weight excluding hydrogens is 262 g/mol. The second-order valence-electron chi connectivity index (χ2n) is 5.65. The normalized spacial score (nSPS) is 21.7. The largest absolute Gasteiger partial charge is 0.352 e. The topological polar surface area (TPSA) is 54.0 Å². The number of carbonyl (C=O) groups excluding carboxylic acids is 1. The summed E-state index contributed by atoms with van der Waals surface area (Å²) in [5, 5.41) is 6.57. The third kappa shape index (κ3) is 5.31. The number of hydrogen-bond acceptors (Lipinski definition) is 3. The Labute approximate surface area is 127 Å². The van der Waals surface area contributed by atoms with Crippen LogP contribution in [-0.2, 0) is 11.3 Å². The van der Waals surface area contributed by atoms with Crippen LogP contribution in [0.3, 0.4) is 0 Å². The van der Waals surface area contributed by atoms with E-state index >= 15 is 0 Å². The molecule has 0 spiro atoms. The van der Waals surface area contributed by atoms with Crippen LogP contribution in [0.1, 0.15) is 37.7 Å². The van der Waals surface area contributed by atoms with Gasteiger partial charge in [-0.15, -0.1) is 6.58 Å². The van der Waals surface area contributed by atoms with Crippen molar-refractivity contribution in [2.75, 3.05) is 6.54 Å². The van der Waals surface area contributed by atoms with Gasteiger partial charge in [0, 0.05) is 30.9 Å². The van der Waals surface area contributed by atoms with Crippen LogP contribution in [0.25, 0.3) is 0 Å². The van der Waals surface area contributed by atoms with E-state index in [0.29, 0.717) is 12.6 Å². The molecule has 0 radical (unpaired) electrons. The van der Waals surface area contributed by atoms with E-state index in [1.807, 2.05) is 18.2 Å². The van der Waals surface area contributed by atoms with Crippen LogP contribution in [-0.4, -0.2) is 23.5 Å². The number of nitrogens with zero attached hydrogens (tertiary/aromatic N) is 1. The lowest BCUT2D eigenvalue weighted by atomic mass is 9.85. The van der Waals surface area contributed by atoms with Gasteiger partial charge < -0.3 is 10.6 Å². The summed E-state index contributed by atoms with van der Waals surface area (Å²) in [5.41, 5.74) is 1.10. The summed E-state index contributed by atoms with van der Waals surface area (Å²) in [6.45, 7) is 5.32. The molecule has 1 aliphatic carbocycles. The average molecular weight is 287 g/mol. The zero-order valence-corrected chi connectivity index (χ0v) is 12.6.